The molecule has 1 saturated heterocycles. The summed E-state index contributed by atoms with van der Waals surface area (Å²) in [5.74, 6) is 1.18. The van der Waals surface area contributed by atoms with Gasteiger partial charge in [0.2, 0.25) is 0 Å². The van der Waals surface area contributed by atoms with E-state index in [9.17, 15) is 4.79 Å². The molecular weight excluding hydrogens is 445 g/mol. The van der Waals surface area contributed by atoms with Crippen LogP contribution >= 0.6 is 23.2 Å². The number of para-hydroxylation sites is 1. The van der Waals surface area contributed by atoms with E-state index in [1.165, 1.54) is 12.8 Å². The Labute approximate surface area is 200 Å². The number of anilines is 1. The molecule has 1 aliphatic heterocycles. The van der Waals surface area contributed by atoms with Gasteiger partial charge >= 0.3 is 6.03 Å². The van der Waals surface area contributed by atoms with E-state index in [-0.39, 0.29) is 12.1 Å². The van der Waals surface area contributed by atoms with Gasteiger partial charge in [0.25, 0.3) is 0 Å². The van der Waals surface area contributed by atoms with E-state index in [1.54, 1.807) is 11.0 Å². The van der Waals surface area contributed by atoms with Crippen LogP contribution in [0.5, 0.6) is 5.75 Å². The zero-order chi connectivity index (χ0) is 22.7. The van der Waals surface area contributed by atoms with Gasteiger partial charge in [-0.15, -0.1) is 0 Å². The molecule has 32 heavy (non-hydrogen) atoms. The predicted octanol–water partition coefficient (Wildman–Crippen LogP) is 6.22. The Morgan fingerprint density at radius 1 is 1.16 bits per heavy atom. The molecule has 2 fully saturated rings. The first-order chi connectivity index (χ1) is 15.4. The van der Waals surface area contributed by atoms with Crippen LogP contribution in [0.3, 0.4) is 0 Å². The monoisotopic (exact) mass is 475 g/mol. The van der Waals surface area contributed by atoms with Crippen LogP contribution in [-0.4, -0.2) is 48.6 Å². The average molecular weight is 476 g/mol. The number of carbonyl (C=O) groups is 1. The summed E-state index contributed by atoms with van der Waals surface area (Å²) in [6.45, 7) is 5.78. The van der Waals surface area contributed by atoms with Gasteiger partial charge in [-0.3, -0.25) is 4.90 Å². The number of urea groups is 1. The molecule has 0 bridgehead atoms. The van der Waals surface area contributed by atoms with Crippen molar-refractivity contribution in [2.45, 2.75) is 45.3 Å². The second kappa shape index (κ2) is 10.3. The Hall–Kier alpha value is -1.95. The van der Waals surface area contributed by atoms with Gasteiger partial charge in [-0.05, 0) is 74.9 Å². The Kier molecular flexibility index (Phi) is 7.49. The largest absolute Gasteiger partial charge is 0.489 e. The van der Waals surface area contributed by atoms with Crippen LogP contribution in [0, 0.1) is 12.8 Å². The minimum absolute atomic E-state index is 0.141. The quantitative estimate of drug-likeness (QED) is 0.516. The van der Waals surface area contributed by atoms with Crippen molar-refractivity contribution in [3.05, 3.63) is 57.6 Å². The second-order valence-corrected chi connectivity index (χ2v) is 9.82. The molecule has 2 aliphatic rings. The van der Waals surface area contributed by atoms with Gasteiger partial charge in [0.1, 0.15) is 5.75 Å². The third-order valence-electron chi connectivity index (χ3n) is 6.45. The van der Waals surface area contributed by atoms with Crippen LogP contribution in [0.1, 0.15) is 36.8 Å². The third-order valence-corrected chi connectivity index (χ3v) is 7.20. The first-order valence-electron chi connectivity index (χ1n) is 11.3. The SMILES string of the molecule is Cc1cccc(Cl)c1NC(=O)N(C)CC1CC(Oc2cccc(CN3CCCC3)c2Cl)C1. The fourth-order valence-corrected chi connectivity index (χ4v) is 5.01. The third kappa shape index (κ3) is 5.51. The lowest BCUT2D eigenvalue weighted by Gasteiger charge is -2.37. The summed E-state index contributed by atoms with van der Waals surface area (Å²) in [6.07, 6.45) is 4.50. The maximum Gasteiger partial charge on any atom is 0.321 e. The first kappa shape index (κ1) is 23.2. The van der Waals surface area contributed by atoms with Crippen LogP contribution < -0.4 is 10.1 Å². The molecule has 0 spiro atoms. The van der Waals surface area contributed by atoms with E-state index < -0.39 is 0 Å². The number of ether oxygens (including phenoxy) is 1. The van der Waals surface area contributed by atoms with Gasteiger partial charge in [-0.1, -0.05) is 47.5 Å². The van der Waals surface area contributed by atoms with Crippen molar-refractivity contribution in [1.29, 1.82) is 0 Å². The number of hydrogen-bond donors (Lipinski definition) is 1. The van der Waals surface area contributed by atoms with Gasteiger partial charge in [0.15, 0.2) is 0 Å². The highest BCUT2D eigenvalue weighted by Gasteiger charge is 2.33. The Bertz CT molecular complexity index is 936. The molecule has 0 aromatic heterocycles. The molecule has 172 valence electrons. The van der Waals surface area contributed by atoms with E-state index in [4.69, 9.17) is 27.9 Å². The zero-order valence-corrected chi connectivity index (χ0v) is 20.3. The van der Waals surface area contributed by atoms with Crippen LogP contribution in [-0.2, 0) is 6.54 Å². The fourth-order valence-electron chi connectivity index (χ4n) is 4.51. The van der Waals surface area contributed by atoms with Crippen LogP contribution in [0.4, 0.5) is 10.5 Å². The summed E-state index contributed by atoms with van der Waals surface area (Å²) >= 11 is 12.9. The number of hydrogen-bond acceptors (Lipinski definition) is 3. The standard InChI is InChI=1S/C25H31Cl2N3O2/c1-17-7-5-9-21(26)24(17)28-25(31)29(2)15-18-13-20(14-18)32-22-10-6-8-19(23(22)27)16-30-11-3-4-12-30/h5-10,18,20H,3-4,11-16H2,1-2H3,(H,28,31). The van der Waals surface area contributed by atoms with Crippen LogP contribution in [0.25, 0.3) is 0 Å². The molecule has 1 saturated carbocycles. The molecule has 5 nitrogen and oxygen atoms in total. The van der Waals surface area contributed by atoms with Crippen molar-refractivity contribution in [3.8, 4) is 5.75 Å². The van der Waals surface area contributed by atoms with Gasteiger partial charge in [-0.25, -0.2) is 4.79 Å². The van der Waals surface area contributed by atoms with E-state index in [2.05, 4.69) is 16.3 Å². The van der Waals surface area contributed by atoms with Gasteiger partial charge in [-0.2, -0.15) is 0 Å². The first-order valence-corrected chi connectivity index (χ1v) is 12.1. The lowest BCUT2D eigenvalue weighted by atomic mass is 9.82. The molecule has 1 aliphatic carbocycles. The van der Waals surface area contributed by atoms with E-state index in [0.29, 0.717) is 23.2 Å². The van der Waals surface area contributed by atoms with Crippen LogP contribution in [0.2, 0.25) is 10.0 Å². The van der Waals surface area contributed by atoms with Gasteiger partial charge in [0, 0.05) is 20.1 Å². The average Bonchev–Trinajstić information content (AvgIpc) is 3.24. The van der Waals surface area contributed by atoms with Crippen molar-refractivity contribution in [2.24, 2.45) is 5.92 Å². The zero-order valence-electron chi connectivity index (χ0n) is 18.7. The maximum absolute atomic E-state index is 12.6. The summed E-state index contributed by atoms with van der Waals surface area (Å²) in [4.78, 5) is 16.7. The normalized spacial score (nSPS) is 20.6. The molecule has 2 aromatic carbocycles. The molecule has 2 aromatic rings. The maximum atomic E-state index is 12.6. The van der Waals surface area contributed by atoms with E-state index >= 15 is 0 Å². The molecule has 1 N–H and O–H groups in total. The summed E-state index contributed by atoms with van der Waals surface area (Å²) in [7, 11) is 1.81. The minimum atomic E-state index is -0.150. The molecule has 1 heterocycles. The predicted molar refractivity (Wildman–Crippen MR) is 131 cm³/mol. The number of halogens is 2. The number of aryl methyl sites for hydroxylation is 1. The highest BCUT2D eigenvalue weighted by molar-refractivity contribution is 6.34. The summed E-state index contributed by atoms with van der Waals surface area (Å²) < 4.78 is 6.20. The molecule has 0 radical (unpaired) electrons. The van der Waals surface area contributed by atoms with Crippen LogP contribution in [0.15, 0.2) is 36.4 Å². The summed E-state index contributed by atoms with van der Waals surface area (Å²) in [6, 6.07) is 11.5. The molecule has 0 atom stereocenters. The molecular formula is C25H31Cl2N3O2. The molecule has 2 amide bonds. The van der Waals surface area contributed by atoms with Crippen molar-refractivity contribution in [3.63, 3.8) is 0 Å². The number of amides is 2. The lowest BCUT2D eigenvalue weighted by molar-refractivity contribution is 0.0532. The highest BCUT2D eigenvalue weighted by Crippen LogP contribution is 2.36. The van der Waals surface area contributed by atoms with Crippen molar-refractivity contribution in [1.82, 2.24) is 9.80 Å². The Balaban J connectivity index is 1.25. The smallest absolute Gasteiger partial charge is 0.321 e. The minimum Gasteiger partial charge on any atom is -0.489 e. The second-order valence-electron chi connectivity index (χ2n) is 9.03. The van der Waals surface area contributed by atoms with E-state index in [0.717, 1.165) is 54.4 Å². The van der Waals surface area contributed by atoms with Gasteiger partial charge < -0.3 is 15.0 Å². The summed E-state index contributed by atoms with van der Waals surface area (Å²) in [5.41, 5.74) is 2.75. The Morgan fingerprint density at radius 3 is 2.59 bits per heavy atom. The lowest BCUT2D eigenvalue weighted by Crippen LogP contribution is -2.43. The molecule has 0 unspecified atom stereocenters. The molecule has 7 heteroatoms. The summed E-state index contributed by atoms with van der Waals surface area (Å²) in [5, 5.41) is 4.21. The fraction of sp³-hybridized carbons (Fsp3) is 0.480. The van der Waals surface area contributed by atoms with E-state index in [1.807, 2.05) is 38.2 Å². The van der Waals surface area contributed by atoms with Crippen molar-refractivity contribution in [2.75, 3.05) is 32.0 Å². The van der Waals surface area contributed by atoms with Gasteiger partial charge in [0.05, 0.1) is 21.8 Å². The number of benzene rings is 2. The number of nitrogens with one attached hydrogen (secondary N) is 1. The van der Waals surface area contributed by atoms with Crippen molar-refractivity contribution < 1.29 is 9.53 Å². The van der Waals surface area contributed by atoms with Crippen molar-refractivity contribution >= 4 is 34.9 Å². The number of nitrogens with zero attached hydrogens (tertiary/aromatic N) is 2. The Morgan fingerprint density at radius 2 is 1.88 bits per heavy atom. The number of likely N-dealkylation sites (tertiary alicyclic amines) is 1. The molecule has 4 rings (SSSR count). The highest BCUT2D eigenvalue weighted by atomic mass is 35.5. The topological polar surface area (TPSA) is 44.8 Å². The number of rotatable bonds is 7. The number of carbonyl (C=O) groups excluding carboxylic acids is 1.